The number of esters is 1. The molecule has 3 aliphatic rings. The smallest absolute Gasteiger partial charge is 0.340 e. The number of Topliss-reactive ketones (excluding diaryl/α,β-unsaturated/α-hetero) is 1. The number of para-hydroxylation sites is 1. The molecule has 5 rings (SSSR count). The normalized spacial score (nSPS) is 21.1. The third-order valence-corrected chi connectivity index (χ3v) is 9.16. The first-order chi connectivity index (χ1) is 17.7. The average molecular weight is 585 g/mol. The molecular formula is C29H43Cl2N3O5. The van der Waals surface area contributed by atoms with E-state index in [0.29, 0.717) is 31.0 Å². The van der Waals surface area contributed by atoms with Crippen molar-refractivity contribution in [3.05, 3.63) is 35.5 Å². The van der Waals surface area contributed by atoms with E-state index in [1.807, 2.05) is 24.3 Å². The van der Waals surface area contributed by atoms with Crippen LogP contribution in [0.25, 0.3) is 10.9 Å². The van der Waals surface area contributed by atoms with Crippen LogP contribution < -0.4 is 0 Å². The van der Waals surface area contributed by atoms with Gasteiger partial charge in [0.05, 0.1) is 43.2 Å². The van der Waals surface area contributed by atoms with Gasteiger partial charge in [0, 0.05) is 57.1 Å². The SMILES string of the molecule is CC1(C)C(C(=O)c2cc3cccc(C(=O)OCCN4CCOCC4)c3n2CCN2CCOCC2)C1(C)C.Cl.Cl. The largest absolute Gasteiger partial charge is 0.461 e. The van der Waals surface area contributed by atoms with E-state index in [-0.39, 0.29) is 53.3 Å². The van der Waals surface area contributed by atoms with Gasteiger partial charge < -0.3 is 18.8 Å². The molecule has 0 radical (unpaired) electrons. The van der Waals surface area contributed by atoms with Gasteiger partial charge in [-0.2, -0.15) is 0 Å². The zero-order chi connectivity index (χ0) is 26.2. The quantitative estimate of drug-likeness (QED) is 0.324. The van der Waals surface area contributed by atoms with Gasteiger partial charge in [0.15, 0.2) is 5.78 Å². The maximum absolute atomic E-state index is 13.9. The zero-order valence-electron chi connectivity index (χ0n) is 23.6. The van der Waals surface area contributed by atoms with Crippen LogP contribution in [0, 0.1) is 16.7 Å². The fraction of sp³-hybridized carbons (Fsp3) is 0.655. The summed E-state index contributed by atoms with van der Waals surface area (Å²) >= 11 is 0. The molecule has 0 unspecified atom stereocenters. The molecule has 1 aromatic heterocycles. The molecule has 2 saturated heterocycles. The van der Waals surface area contributed by atoms with Crippen LogP contribution >= 0.6 is 24.8 Å². The van der Waals surface area contributed by atoms with Gasteiger partial charge in [-0.05, 0) is 23.0 Å². The molecule has 0 N–H and O–H groups in total. The number of fused-ring (bicyclic) bond motifs is 1. The molecular weight excluding hydrogens is 541 g/mol. The number of ketones is 1. The van der Waals surface area contributed by atoms with Crippen molar-refractivity contribution in [2.24, 2.45) is 16.7 Å². The van der Waals surface area contributed by atoms with Crippen LogP contribution in [0.4, 0.5) is 0 Å². The molecule has 2 aromatic rings. The lowest BCUT2D eigenvalue weighted by atomic mass is 10.0. The molecule has 3 heterocycles. The predicted octanol–water partition coefficient (Wildman–Crippen LogP) is 4.17. The lowest BCUT2D eigenvalue weighted by Gasteiger charge is -2.27. The minimum Gasteiger partial charge on any atom is -0.461 e. The summed E-state index contributed by atoms with van der Waals surface area (Å²) in [6.45, 7) is 17.5. The number of hydrogen-bond acceptors (Lipinski definition) is 7. The molecule has 1 aromatic carbocycles. The summed E-state index contributed by atoms with van der Waals surface area (Å²) in [6.07, 6.45) is 0. The van der Waals surface area contributed by atoms with Crippen LogP contribution in [0.5, 0.6) is 0 Å². The van der Waals surface area contributed by atoms with E-state index in [0.717, 1.165) is 70.1 Å². The molecule has 2 aliphatic heterocycles. The molecule has 218 valence electrons. The van der Waals surface area contributed by atoms with E-state index in [4.69, 9.17) is 14.2 Å². The number of rotatable bonds is 9. The van der Waals surface area contributed by atoms with Gasteiger partial charge in [-0.3, -0.25) is 14.6 Å². The van der Waals surface area contributed by atoms with Gasteiger partial charge in [-0.25, -0.2) is 4.79 Å². The van der Waals surface area contributed by atoms with E-state index in [1.54, 1.807) is 0 Å². The van der Waals surface area contributed by atoms with Crippen molar-refractivity contribution in [2.75, 3.05) is 72.3 Å². The maximum atomic E-state index is 13.9. The minimum absolute atomic E-state index is 0. The van der Waals surface area contributed by atoms with Crippen LogP contribution in [0.15, 0.2) is 24.3 Å². The molecule has 1 saturated carbocycles. The summed E-state index contributed by atoms with van der Waals surface area (Å²) in [6, 6.07) is 7.67. The Morgan fingerprint density at radius 3 is 2.00 bits per heavy atom. The summed E-state index contributed by atoms with van der Waals surface area (Å²) in [5.74, 6) is -0.217. The lowest BCUT2D eigenvalue weighted by Crippen LogP contribution is -2.38. The van der Waals surface area contributed by atoms with Crippen molar-refractivity contribution in [1.82, 2.24) is 14.4 Å². The van der Waals surface area contributed by atoms with Gasteiger partial charge in [0.25, 0.3) is 0 Å². The minimum atomic E-state index is -0.337. The van der Waals surface area contributed by atoms with Crippen molar-refractivity contribution < 1.29 is 23.8 Å². The highest BCUT2D eigenvalue weighted by atomic mass is 35.5. The predicted molar refractivity (Wildman–Crippen MR) is 157 cm³/mol. The molecule has 39 heavy (non-hydrogen) atoms. The molecule has 8 nitrogen and oxygen atoms in total. The second-order valence-corrected chi connectivity index (χ2v) is 11.7. The number of halogens is 2. The van der Waals surface area contributed by atoms with Gasteiger partial charge in [0.1, 0.15) is 6.61 Å². The molecule has 0 bridgehead atoms. The molecule has 0 amide bonds. The van der Waals surface area contributed by atoms with Crippen LogP contribution in [0.3, 0.4) is 0 Å². The third-order valence-electron chi connectivity index (χ3n) is 9.16. The Balaban J connectivity index is 0.00000210. The molecule has 0 atom stereocenters. The number of carbonyl (C=O) groups excluding carboxylic acids is 2. The Hall–Kier alpha value is -1.68. The summed E-state index contributed by atoms with van der Waals surface area (Å²) in [5.41, 5.74) is 1.90. The van der Waals surface area contributed by atoms with Gasteiger partial charge >= 0.3 is 5.97 Å². The number of carbonyl (C=O) groups is 2. The Morgan fingerprint density at radius 1 is 0.872 bits per heavy atom. The summed E-state index contributed by atoms with van der Waals surface area (Å²) in [4.78, 5) is 31.8. The monoisotopic (exact) mass is 583 g/mol. The van der Waals surface area contributed by atoms with E-state index >= 15 is 0 Å². The Bertz CT molecular complexity index is 1140. The van der Waals surface area contributed by atoms with E-state index in [1.165, 1.54) is 0 Å². The van der Waals surface area contributed by atoms with E-state index in [2.05, 4.69) is 42.1 Å². The summed E-state index contributed by atoms with van der Waals surface area (Å²) < 4.78 is 18.7. The van der Waals surface area contributed by atoms with Gasteiger partial charge in [0.2, 0.25) is 0 Å². The molecule has 0 spiro atoms. The van der Waals surface area contributed by atoms with Crippen LogP contribution in [-0.4, -0.2) is 98.4 Å². The lowest BCUT2D eigenvalue weighted by molar-refractivity contribution is 0.0196. The highest BCUT2D eigenvalue weighted by Gasteiger charge is 2.68. The summed E-state index contributed by atoms with van der Waals surface area (Å²) in [5, 5.41) is 0.907. The summed E-state index contributed by atoms with van der Waals surface area (Å²) in [7, 11) is 0. The number of hydrogen-bond donors (Lipinski definition) is 0. The second kappa shape index (κ2) is 12.9. The molecule has 3 fully saturated rings. The van der Waals surface area contributed by atoms with E-state index < -0.39 is 0 Å². The Kier molecular flexibility index (Phi) is 10.5. The average Bonchev–Trinajstić information content (AvgIpc) is 3.14. The third kappa shape index (κ3) is 6.31. The highest BCUT2D eigenvalue weighted by Crippen LogP contribution is 2.69. The number of benzene rings is 1. The van der Waals surface area contributed by atoms with Crippen molar-refractivity contribution in [3.8, 4) is 0 Å². The first kappa shape index (κ1) is 31.8. The number of aromatic nitrogens is 1. The number of morpholine rings is 2. The number of nitrogens with zero attached hydrogens (tertiary/aromatic N) is 3. The maximum Gasteiger partial charge on any atom is 0.340 e. The number of ether oxygens (including phenoxy) is 3. The van der Waals surface area contributed by atoms with Crippen LogP contribution in [0.2, 0.25) is 0 Å². The van der Waals surface area contributed by atoms with Crippen molar-refractivity contribution in [1.29, 1.82) is 0 Å². The zero-order valence-corrected chi connectivity index (χ0v) is 25.2. The first-order valence-electron chi connectivity index (χ1n) is 13.7. The van der Waals surface area contributed by atoms with Crippen LogP contribution in [0.1, 0.15) is 48.5 Å². The second-order valence-electron chi connectivity index (χ2n) is 11.7. The van der Waals surface area contributed by atoms with Crippen molar-refractivity contribution in [3.63, 3.8) is 0 Å². The fourth-order valence-corrected chi connectivity index (χ4v) is 6.16. The first-order valence-corrected chi connectivity index (χ1v) is 13.7. The fourth-order valence-electron chi connectivity index (χ4n) is 6.16. The molecule has 1 aliphatic carbocycles. The van der Waals surface area contributed by atoms with E-state index in [9.17, 15) is 9.59 Å². The topological polar surface area (TPSA) is 73.2 Å². The van der Waals surface area contributed by atoms with Crippen LogP contribution in [-0.2, 0) is 20.8 Å². The highest BCUT2D eigenvalue weighted by molar-refractivity contribution is 6.08. The Labute approximate surface area is 244 Å². The van der Waals surface area contributed by atoms with Gasteiger partial charge in [-0.15, -0.1) is 24.8 Å². The van der Waals surface area contributed by atoms with Crippen molar-refractivity contribution >= 4 is 47.5 Å². The molecule has 10 heteroatoms. The van der Waals surface area contributed by atoms with Gasteiger partial charge in [-0.1, -0.05) is 39.8 Å². The standard InChI is InChI=1S/C29H41N3O5.2ClH/c1-28(2)26(29(28,3)4)25(33)23-20-21-6-5-7-22(27(34)37-19-14-31-12-17-36-18-13-31)24(21)32(23)9-8-30-10-15-35-16-11-30;;/h5-7,20,26H,8-19H2,1-4H3;2*1H. The Morgan fingerprint density at radius 2 is 1.44 bits per heavy atom. The van der Waals surface area contributed by atoms with Crippen molar-refractivity contribution in [2.45, 2.75) is 34.2 Å².